The molecule has 1 aromatic carbocycles. The Kier molecular flexibility index (Phi) is 3.83. The van der Waals surface area contributed by atoms with Crippen LogP contribution < -0.4 is 16.2 Å². The molecule has 3 heterocycles. The lowest BCUT2D eigenvalue weighted by atomic mass is 10.3. The average molecular weight is 387 g/mol. The van der Waals surface area contributed by atoms with Crippen LogP contribution in [0.5, 0.6) is 0 Å². The Balaban J connectivity index is 1.66. The molecule has 11 heteroatoms. The Labute approximate surface area is 152 Å². The summed E-state index contributed by atoms with van der Waals surface area (Å²) in [6.07, 6.45) is 1.69. The lowest BCUT2D eigenvalue weighted by molar-refractivity contribution is 0.598. The standard InChI is InChI=1S/C15H13N7O2S2/c16-14-20-15(19-9-1-3-10(4-2-9)26(17,23)24)21-22(14)13-11-6-8-25-12(11)5-7-18-13/h1-8H,(H2,17,23,24)(H3,16,19,20,21). The number of aromatic nitrogens is 4. The Morgan fingerprint density at radius 3 is 2.62 bits per heavy atom. The maximum atomic E-state index is 11.3. The number of pyridine rings is 1. The Hall–Kier alpha value is -3.02. The maximum Gasteiger partial charge on any atom is 0.248 e. The predicted octanol–water partition coefficient (Wildman–Crippen LogP) is 1.85. The molecule has 0 aliphatic rings. The van der Waals surface area contributed by atoms with E-state index in [-0.39, 0.29) is 16.8 Å². The van der Waals surface area contributed by atoms with E-state index in [0.29, 0.717) is 11.5 Å². The van der Waals surface area contributed by atoms with Gasteiger partial charge >= 0.3 is 0 Å². The molecule has 0 bridgehead atoms. The summed E-state index contributed by atoms with van der Waals surface area (Å²) in [5, 5.41) is 15.3. The fourth-order valence-corrected chi connectivity index (χ4v) is 3.73. The van der Waals surface area contributed by atoms with Crippen molar-refractivity contribution < 1.29 is 8.42 Å². The summed E-state index contributed by atoms with van der Waals surface area (Å²) in [6.45, 7) is 0. The van der Waals surface area contributed by atoms with Crippen LogP contribution in [0.25, 0.3) is 15.9 Å². The number of nitrogens with zero attached hydrogens (tertiary/aromatic N) is 4. The summed E-state index contributed by atoms with van der Waals surface area (Å²) >= 11 is 1.60. The van der Waals surface area contributed by atoms with Crippen LogP contribution >= 0.6 is 11.3 Å². The van der Waals surface area contributed by atoms with Gasteiger partial charge in [0.15, 0.2) is 5.82 Å². The van der Waals surface area contributed by atoms with Crippen LogP contribution in [-0.4, -0.2) is 28.2 Å². The van der Waals surface area contributed by atoms with Gasteiger partial charge in [-0.25, -0.2) is 18.5 Å². The highest BCUT2D eigenvalue weighted by atomic mass is 32.2. The molecule has 0 fully saturated rings. The van der Waals surface area contributed by atoms with Gasteiger partial charge in [-0.3, -0.25) is 0 Å². The van der Waals surface area contributed by atoms with Crippen molar-refractivity contribution in [1.29, 1.82) is 0 Å². The molecule has 4 aromatic rings. The fourth-order valence-electron chi connectivity index (χ4n) is 2.44. The van der Waals surface area contributed by atoms with E-state index in [1.807, 2.05) is 17.5 Å². The Morgan fingerprint density at radius 2 is 1.88 bits per heavy atom. The topological polar surface area (TPSA) is 142 Å². The van der Waals surface area contributed by atoms with E-state index < -0.39 is 10.0 Å². The molecule has 0 spiro atoms. The average Bonchev–Trinajstić information content (AvgIpc) is 3.20. The second-order valence-corrected chi connectivity index (χ2v) is 7.88. The molecule has 0 saturated heterocycles. The van der Waals surface area contributed by atoms with E-state index in [1.165, 1.54) is 16.8 Å². The quantitative estimate of drug-likeness (QED) is 0.485. The zero-order chi connectivity index (χ0) is 18.3. The van der Waals surface area contributed by atoms with Crippen molar-refractivity contribution in [2.24, 2.45) is 5.14 Å². The number of hydrogen-bond acceptors (Lipinski definition) is 8. The lowest BCUT2D eigenvalue weighted by Crippen LogP contribution is -2.11. The van der Waals surface area contributed by atoms with E-state index in [1.54, 1.807) is 29.7 Å². The minimum atomic E-state index is -3.74. The molecular weight excluding hydrogens is 374 g/mol. The summed E-state index contributed by atoms with van der Waals surface area (Å²) < 4.78 is 25.1. The molecule has 0 unspecified atom stereocenters. The normalized spacial score (nSPS) is 11.7. The minimum Gasteiger partial charge on any atom is -0.368 e. The first kappa shape index (κ1) is 16.4. The number of fused-ring (bicyclic) bond motifs is 1. The van der Waals surface area contributed by atoms with E-state index in [9.17, 15) is 8.42 Å². The minimum absolute atomic E-state index is 0.0226. The third kappa shape index (κ3) is 2.98. The fraction of sp³-hybridized carbons (Fsp3) is 0. The van der Waals surface area contributed by atoms with Crippen LogP contribution in [0.2, 0.25) is 0 Å². The zero-order valence-corrected chi connectivity index (χ0v) is 14.8. The third-order valence-electron chi connectivity index (χ3n) is 3.63. The van der Waals surface area contributed by atoms with Crippen molar-refractivity contribution in [1.82, 2.24) is 19.7 Å². The molecule has 3 aromatic heterocycles. The van der Waals surface area contributed by atoms with Gasteiger partial charge in [-0.15, -0.1) is 16.4 Å². The van der Waals surface area contributed by atoms with Crippen LogP contribution in [0.15, 0.2) is 52.9 Å². The first-order valence-electron chi connectivity index (χ1n) is 7.37. The molecule has 0 aliphatic carbocycles. The maximum absolute atomic E-state index is 11.3. The molecule has 0 aliphatic heterocycles. The molecule has 0 radical (unpaired) electrons. The molecule has 5 N–H and O–H groups in total. The first-order valence-corrected chi connectivity index (χ1v) is 9.79. The van der Waals surface area contributed by atoms with Crippen molar-refractivity contribution in [2.75, 3.05) is 11.1 Å². The summed E-state index contributed by atoms with van der Waals surface area (Å²) in [7, 11) is -3.74. The number of rotatable bonds is 4. The Morgan fingerprint density at radius 1 is 1.12 bits per heavy atom. The highest BCUT2D eigenvalue weighted by Crippen LogP contribution is 2.26. The number of hydrogen-bond donors (Lipinski definition) is 3. The zero-order valence-electron chi connectivity index (χ0n) is 13.2. The van der Waals surface area contributed by atoms with Gasteiger partial charge < -0.3 is 11.1 Å². The van der Waals surface area contributed by atoms with E-state index >= 15 is 0 Å². The molecule has 9 nitrogen and oxygen atoms in total. The number of nitrogen functional groups attached to an aromatic ring is 1. The highest BCUT2D eigenvalue weighted by Gasteiger charge is 2.14. The van der Waals surface area contributed by atoms with Gasteiger partial charge in [0.25, 0.3) is 0 Å². The highest BCUT2D eigenvalue weighted by molar-refractivity contribution is 7.89. The SMILES string of the molecule is Nc1nc(Nc2ccc(S(N)(=O)=O)cc2)nn1-c1nccc2sccc12. The van der Waals surface area contributed by atoms with Gasteiger partial charge in [0.05, 0.1) is 4.90 Å². The number of anilines is 3. The summed E-state index contributed by atoms with van der Waals surface area (Å²) in [4.78, 5) is 8.55. The number of thiophene rings is 1. The smallest absolute Gasteiger partial charge is 0.248 e. The van der Waals surface area contributed by atoms with Crippen LogP contribution in [0.3, 0.4) is 0 Å². The van der Waals surface area contributed by atoms with E-state index in [4.69, 9.17) is 10.9 Å². The van der Waals surface area contributed by atoms with E-state index in [0.717, 1.165) is 10.1 Å². The van der Waals surface area contributed by atoms with Crippen molar-refractivity contribution in [3.05, 3.63) is 48.0 Å². The molecule has 0 atom stereocenters. The van der Waals surface area contributed by atoms with Gasteiger partial charge in [0.1, 0.15) is 0 Å². The van der Waals surface area contributed by atoms with Crippen molar-refractivity contribution in [3.8, 4) is 5.82 Å². The second kappa shape index (κ2) is 6.05. The van der Waals surface area contributed by atoms with Crippen LogP contribution in [-0.2, 0) is 10.0 Å². The summed E-state index contributed by atoms with van der Waals surface area (Å²) in [5.74, 6) is 1.03. The summed E-state index contributed by atoms with van der Waals surface area (Å²) in [5.41, 5.74) is 6.58. The van der Waals surface area contributed by atoms with Crippen LogP contribution in [0.1, 0.15) is 0 Å². The molecular formula is C15H13N7O2S2. The second-order valence-electron chi connectivity index (χ2n) is 5.37. The van der Waals surface area contributed by atoms with Crippen molar-refractivity contribution in [2.45, 2.75) is 4.90 Å². The lowest BCUT2D eigenvalue weighted by Gasteiger charge is -2.04. The van der Waals surface area contributed by atoms with E-state index in [2.05, 4.69) is 20.4 Å². The number of primary sulfonamides is 1. The number of sulfonamides is 1. The van der Waals surface area contributed by atoms with Crippen LogP contribution in [0, 0.1) is 0 Å². The Bertz CT molecular complexity index is 1200. The largest absolute Gasteiger partial charge is 0.368 e. The van der Waals surface area contributed by atoms with Gasteiger partial charge in [-0.1, -0.05) is 0 Å². The summed E-state index contributed by atoms with van der Waals surface area (Å²) in [6, 6.07) is 9.78. The molecule has 4 rings (SSSR count). The first-order chi connectivity index (χ1) is 12.4. The number of nitrogens with two attached hydrogens (primary N) is 2. The van der Waals surface area contributed by atoms with Gasteiger partial charge in [0, 0.05) is 22.0 Å². The molecule has 132 valence electrons. The van der Waals surface area contributed by atoms with Crippen LogP contribution in [0.4, 0.5) is 17.6 Å². The van der Waals surface area contributed by atoms with Gasteiger partial charge in [0.2, 0.25) is 21.9 Å². The van der Waals surface area contributed by atoms with Gasteiger partial charge in [-0.2, -0.15) is 9.67 Å². The molecule has 0 saturated carbocycles. The number of nitrogens with one attached hydrogen (secondary N) is 1. The molecule has 26 heavy (non-hydrogen) atoms. The third-order valence-corrected chi connectivity index (χ3v) is 5.44. The number of benzene rings is 1. The molecule has 0 amide bonds. The van der Waals surface area contributed by atoms with Crippen molar-refractivity contribution in [3.63, 3.8) is 0 Å². The predicted molar refractivity (Wildman–Crippen MR) is 100 cm³/mol. The van der Waals surface area contributed by atoms with Crippen molar-refractivity contribution >= 4 is 49.0 Å². The monoisotopic (exact) mass is 387 g/mol. The van der Waals surface area contributed by atoms with Gasteiger partial charge in [-0.05, 0) is 41.8 Å².